The largest absolute Gasteiger partial charge is 0.491 e. The van der Waals surface area contributed by atoms with Crippen molar-refractivity contribution in [2.75, 3.05) is 0 Å². The lowest BCUT2D eigenvalue weighted by molar-refractivity contribution is 0.242. The van der Waals surface area contributed by atoms with Gasteiger partial charge in [-0.3, -0.25) is 5.84 Å². The number of benzene rings is 1. The van der Waals surface area contributed by atoms with Crippen molar-refractivity contribution in [1.82, 2.24) is 5.43 Å². The molecule has 108 valence electrons. The monoisotopic (exact) mass is 418 g/mol. The van der Waals surface area contributed by atoms with Gasteiger partial charge in [-0.1, -0.05) is 12.1 Å². The van der Waals surface area contributed by atoms with Gasteiger partial charge in [0.05, 0.1) is 19.7 Å². The summed E-state index contributed by atoms with van der Waals surface area (Å²) in [5.41, 5.74) is 5.07. The van der Waals surface area contributed by atoms with Crippen LogP contribution in [-0.2, 0) is 0 Å². The van der Waals surface area contributed by atoms with Gasteiger partial charge in [-0.15, -0.1) is 11.3 Å². The van der Waals surface area contributed by atoms with Crippen molar-refractivity contribution in [3.8, 4) is 5.75 Å². The molecular formula is C14H16Br2N2OS. The first-order valence-corrected chi connectivity index (χ1v) is 8.59. The molecule has 0 amide bonds. The van der Waals surface area contributed by atoms with E-state index in [1.165, 1.54) is 0 Å². The van der Waals surface area contributed by atoms with Gasteiger partial charge in [0.25, 0.3) is 0 Å². The van der Waals surface area contributed by atoms with E-state index >= 15 is 0 Å². The molecule has 3 nitrogen and oxygen atoms in total. The summed E-state index contributed by atoms with van der Waals surface area (Å²) >= 11 is 8.70. The van der Waals surface area contributed by atoms with Crippen LogP contribution in [0.2, 0.25) is 0 Å². The molecule has 0 bridgehead atoms. The summed E-state index contributed by atoms with van der Waals surface area (Å²) in [6.45, 7) is 4.02. The molecule has 1 atom stereocenters. The SMILES string of the molecule is CC(C)Oc1ccc(C(NN)c2cc(Br)sc2Br)cc1. The summed E-state index contributed by atoms with van der Waals surface area (Å²) in [4.78, 5) is 0. The molecule has 3 N–H and O–H groups in total. The summed E-state index contributed by atoms with van der Waals surface area (Å²) in [5, 5.41) is 0. The Bertz CT molecular complexity index is 569. The third-order valence-corrected chi connectivity index (χ3v) is 5.13. The van der Waals surface area contributed by atoms with Crippen LogP contribution in [0.3, 0.4) is 0 Å². The second-order valence-electron chi connectivity index (χ2n) is 4.61. The van der Waals surface area contributed by atoms with Crippen LogP contribution in [0.25, 0.3) is 0 Å². The Labute approximate surface area is 139 Å². The van der Waals surface area contributed by atoms with E-state index < -0.39 is 0 Å². The molecule has 20 heavy (non-hydrogen) atoms. The molecule has 1 aromatic carbocycles. The van der Waals surface area contributed by atoms with Crippen molar-refractivity contribution in [3.63, 3.8) is 0 Å². The van der Waals surface area contributed by atoms with Crippen LogP contribution in [0.4, 0.5) is 0 Å². The van der Waals surface area contributed by atoms with E-state index in [-0.39, 0.29) is 12.1 Å². The molecule has 1 aromatic heterocycles. The summed E-state index contributed by atoms with van der Waals surface area (Å²) < 4.78 is 7.78. The molecular weight excluding hydrogens is 404 g/mol. The molecule has 0 spiro atoms. The van der Waals surface area contributed by atoms with Crippen molar-refractivity contribution >= 4 is 43.2 Å². The highest BCUT2D eigenvalue weighted by molar-refractivity contribution is 9.12. The fourth-order valence-corrected chi connectivity index (χ4v) is 4.83. The number of hydrazine groups is 1. The van der Waals surface area contributed by atoms with Crippen molar-refractivity contribution in [3.05, 3.63) is 49.0 Å². The number of nitrogens with one attached hydrogen (secondary N) is 1. The minimum Gasteiger partial charge on any atom is -0.491 e. The quantitative estimate of drug-likeness (QED) is 0.549. The van der Waals surface area contributed by atoms with Crippen LogP contribution in [0.15, 0.2) is 37.9 Å². The van der Waals surface area contributed by atoms with Crippen LogP contribution in [-0.4, -0.2) is 6.10 Å². The Balaban J connectivity index is 2.26. The van der Waals surface area contributed by atoms with Gasteiger partial charge >= 0.3 is 0 Å². The molecule has 0 fully saturated rings. The van der Waals surface area contributed by atoms with Crippen molar-refractivity contribution in [2.45, 2.75) is 26.0 Å². The lowest BCUT2D eigenvalue weighted by atomic mass is 10.0. The van der Waals surface area contributed by atoms with E-state index in [9.17, 15) is 0 Å². The number of rotatable bonds is 5. The molecule has 0 saturated heterocycles. The smallest absolute Gasteiger partial charge is 0.119 e. The van der Waals surface area contributed by atoms with Gasteiger partial charge in [0.2, 0.25) is 0 Å². The van der Waals surface area contributed by atoms with E-state index in [2.05, 4.69) is 43.4 Å². The third-order valence-electron chi connectivity index (χ3n) is 2.75. The summed E-state index contributed by atoms with van der Waals surface area (Å²) in [6, 6.07) is 10.0. The molecule has 0 aliphatic heterocycles. The van der Waals surface area contributed by atoms with Crippen LogP contribution in [0.5, 0.6) is 5.75 Å². The Morgan fingerprint density at radius 3 is 2.30 bits per heavy atom. The normalized spacial score (nSPS) is 12.7. The van der Waals surface area contributed by atoms with Gasteiger partial charge in [0.1, 0.15) is 5.75 Å². The summed E-state index contributed by atoms with van der Waals surface area (Å²) in [6.07, 6.45) is 0.172. The van der Waals surface area contributed by atoms with Gasteiger partial charge in [-0.05, 0) is 69.5 Å². The van der Waals surface area contributed by atoms with Gasteiger partial charge in [-0.25, -0.2) is 5.43 Å². The first-order chi connectivity index (χ1) is 9.51. The molecule has 2 rings (SSSR count). The number of halogens is 2. The molecule has 2 aromatic rings. The van der Waals surface area contributed by atoms with Gasteiger partial charge < -0.3 is 4.74 Å². The van der Waals surface area contributed by atoms with Crippen LogP contribution < -0.4 is 16.0 Å². The van der Waals surface area contributed by atoms with Gasteiger partial charge in [-0.2, -0.15) is 0 Å². The summed E-state index contributed by atoms with van der Waals surface area (Å²) in [7, 11) is 0. The molecule has 0 saturated carbocycles. The topological polar surface area (TPSA) is 47.3 Å². The van der Waals surface area contributed by atoms with Crippen molar-refractivity contribution in [2.24, 2.45) is 5.84 Å². The number of hydrogen-bond donors (Lipinski definition) is 2. The first kappa shape index (κ1) is 16.0. The predicted octanol–water partition coefficient (Wildman–Crippen LogP) is 4.61. The number of ether oxygens (including phenoxy) is 1. The Hall–Kier alpha value is -0.400. The zero-order valence-corrected chi connectivity index (χ0v) is 15.2. The molecule has 1 heterocycles. The maximum atomic E-state index is 5.72. The minimum atomic E-state index is -0.0555. The summed E-state index contributed by atoms with van der Waals surface area (Å²) in [5.74, 6) is 6.59. The zero-order chi connectivity index (χ0) is 14.7. The fourth-order valence-electron chi connectivity index (χ4n) is 1.93. The van der Waals surface area contributed by atoms with Crippen LogP contribution in [0, 0.1) is 0 Å². The maximum Gasteiger partial charge on any atom is 0.119 e. The number of thiophene rings is 1. The van der Waals surface area contributed by atoms with Crippen molar-refractivity contribution < 1.29 is 4.74 Å². The van der Waals surface area contributed by atoms with Crippen molar-refractivity contribution in [1.29, 1.82) is 0 Å². The Kier molecular flexibility index (Phi) is 5.63. The highest BCUT2D eigenvalue weighted by atomic mass is 79.9. The second-order valence-corrected chi connectivity index (χ2v) is 8.36. The molecule has 1 unspecified atom stereocenters. The number of hydrogen-bond acceptors (Lipinski definition) is 4. The average molecular weight is 420 g/mol. The highest BCUT2D eigenvalue weighted by Crippen LogP contribution is 2.37. The van der Waals surface area contributed by atoms with E-state index in [1.807, 2.05) is 38.1 Å². The highest BCUT2D eigenvalue weighted by Gasteiger charge is 2.18. The Morgan fingerprint density at radius 2 is 1.85 bits per heavy atom. The fraction of sp³-hybridized carbons (Fsp3) is 0.286. The van der Waals surface area contributed by atoms with Gasteiger partial charge in [0, 0.05) is 5.56 Å². The van der Waals surface area contributed by atoms with E-state index in [0.29, 0.717) is 0 Å². The zero-order valence-electron chi connectivity index (χ0n) is 11.2. The maximum absolute atomic E-state index is 5.72. The first-order valence-electron chi connectivity index (χ1n) is 6.18. The molecule has 0 aliphatic carbocycles. The standard InChI is InChI=1S/C14H16Br2N2OS/c1-8(2)19-10-5-3-9(4-6-10)13(18-17)11-7-12(15)20-14(11)16/h3-8,13,18H,17H2,1-2H3. The van der Waals surface area contributed by atoms with E-state index in [0.717, 1.165) is 24.4 Å². The van der Waals surface area contributed by atoms with Crippen LogP contribution >= 0.6 is 43.2 Å². The predicted molar refractivity (Wildman–Crippen MR) is 91.1 cm³/mol. The number of nitrogens with two attached hydrogens (primary N) is 1. The Morgan fingerprint density at radius 1 is 1.20 bits per heavy atom. The lowest BCUT2D eigenvalue weighted by Gasteiger charge is -2.17. The molecule has 6 heteroatoms. The van der Waals surface area contributed by atoms with E-state index in [4.69, 9.17) is 10.6 Å². The minimum absolute atomic E-state index is 0.0555. The third kappa shape index (κ3) is 3.83. The molecule has 0 radical (unpaired) electrons. The van der Waals surface area contributed by atoms with E-state index in [1.54, 1.807) is 11.3 Å². The lowest BCUT2D eigenvalue weighted by Crippen LogP contribution is -2.28. The van der Waals surface area contributed by atoms with Crippen LogP contribution in [0.1, 0.15) is 31.0 Å². The molecule has 0 aliphatic rings. The van der Waals surface area contributed by atoms with Gasteiger partial charge in [0.15, 0.2) is 0 Å². The second kappa shape index (κ2) is 7.04. The average Bonchev–Trinajstić information content (AvgIpc) is 2.71.